The summed E-state index contributed by atoms with van der Waals surface area (Å²) in [6.07, 6.45) is 37.9. The number of benzene rings is 4. The van der Waals surface area contributed by atoms with Gasteiger partial charge in [0.25, 0.3) is 0 Å². The van der Waals surface area contributed by atoms with E-state index in [0.717, 1.165) is 62.5 Å². The van der Waals surface area contributed by atoms with E-state index in [1.54, 1.807) is 0 Å². The van der Waals surface area contributed by atoms with Crippen LogP contribution in [0.3, 0.4) is 0 Å². The van der Waals surface area contributed by atoms with E-state index in [-0.39, 0.29) is 45.6 Å². The van der Waals surface area contributed by atoms with Gasteiger partial charge >= 0.3 is 21.7 Å². The molecule has 0 N–H and O–H groups in total. The molecule has 4 nitrogen and oxygen atoms in total. The summed E-state index contributed by atoms with van der Waals surface area (Å²) in [6, 6.07) is 28.8. The fourth-order valence-electron chi connectivity index (χ4n) is 8.09. The molecule has 2 aliphatic carbocycles. The van der Waals surface area contributed by atoms with Crippen molar-refractivity contribution >= 4 is 11.8 Å². The molecule has 380 valence electrons. The van der Waals surface area contributed by atoms with E-state index in [4.69, 9.17) is 0 Å². The summed E-state index contributed by atoms with van der Waals surface area (Å²) < 4.78 is 54.5. The largest absolute Gasteiger partial charge is 4.00 e. The number of amides is 2. The second-order valence-corrected chi connectivity index (χ2v) is 18.2. The molecule has 2 amide bonds. The fraction of sp³-hybridized carbons (Fsp3) is 0.452. The summed E-state index contributed by atoms with van der Waals surface area (Å²) in [6.45, 7) is 9.24. The van der Waals surface area contributed by atoms with Gasteiger partial charge in [-0.25, -0.2) is 41.9 Å². The Balaban J connectivity index is 0.000000399. The van der Waals surface area contributed by atoms with E-state index >= 15 is 0 Å². The van der Waals surface area contributed by atoms with Gasteiger partial charge in [-0.2, -0.15) is 24.3 Å². The van der Waals surface area contributed by atoms with E-state index in [2.05, 4.69) is 50.3 Å². The quantitative estimate of drug-likeness (QED) is 0.0272. The zero-order chi connectivity index (χ0) is 50.6. The number of hydrogen-bond donors (Lipinski definition) is 0. The van der Waals surface area contributed by atoms with Gasteiger partial charge in [0.1, 0.15) is 0 Å². The molecule has 2 unspecified atom stereocenters. The topological polar surface area (TPSA) is 40.6 Å². The van der Waals surface area contributed by atoms with Crippen molar-refractivity contribution in [1.82, 2.24) is 9.80 Å². The predicted octanol–water partition coefficient (Wildman–Crippen LogP) is 16.3. The van der Waals surface area contributed by atoms with Crippen molar-refractivity contribution in [1.29, 1.82) is 0 Å². The van der Waals surface area contributed by atoms with Crippen molar-refractivity contribution in [2.24, 2.45) is 0 Å². The van der Waals surface area contributed by atoms with Crippen molar-refractivity contribution in [3.63, 3.8) is 0 Å². The Morgan fingerprint density at radius 3 is 1.15 bits per heavy atom. The van der Waals surface area contributed by atoms with Gasteiger partial charge in [-0.3, -0.25) is 21.7 Å². The first-order valence-corrected chi connectivity index (χ1v) is 25.8. The SMILES string of the molecule is CCCCCCCCCC(=O)N(Cc1ccccc1)C(C)Cc1ccc(F)[c-]c1F.CCCCCCCCCC(=O)N(Cc1ccccc1)C(C)Cc1ccc(F)[c-]c1F.[C-]1=CC=CC1.[C-]1=CC=CC1.[Ti+4]. The van der Waals surface area contributed by atoms with Crippen LogP contribution in [0, 0.1) is 47.6 Å². The molecular formula is C62H78F4N2O2Ti. The smallest absolute Gasteiger partial charge is 0.336 e. The Bertz CT molecular complexity index is 1990. The number of hydrogen-bond acceptors (Lipinski definition) is 2. The molecule has 0 aliphatic heterocycles. The molecule has 9 heteroatoms. The van der Waals surface area contributed by atoms with E-state index in [1.807, 2.05) is 109 Å². The average molecular weight is 1010 g/mol. The van der Waals surface area contributed by atoms with Crippen molar-refractivity contribution in [2.45, 2.75) is 181 Å². The summed E-state index contributed by atoms with van der Waals surface area (Å²) >= 11 is 0. The second kappa shape index (κ2) is 38.8. The number of nitrogens with zero attached hydrogens (tertiary/aromatic N) is 2. The Morgan fingerprint density at radius 1 is 0.507 bits per heavy atom. The predicted molar refractivity (Wildman–Crippen MR) is 279 cm³/mol. The minimum absolute atomic E-state index is 0. The van der Waals surface area contributed by atoms with Crippen LogP contribution in [0.4, 0.5) is 17.6 Å². The number of carbonyl (C=O) groups excluding carboxylic acids is 2. The third kappa shape index (κ3) is 27.6. The number of carbonyl (C=O) groups is 2. The molecule has 4 aromatic rings. The zero-order valence-corrected chi connectivity index (χ0v) is 44.5. The van der Waals surface area contributed by atoms with E-state index in [1.165, 1.54) is 75.6 Å². The first-order valence-electron chi connectivity index (χ1n) is 25.8. The molecule has 4 aromatic carbocycles. The van der Waals surface area contributed by atoms with Crippen LogP contribution < -0.4 is 0 Å². The minimum atomic E-state index is -0.708. The van der Waals surface area contributed by atoms with Crippen LogP contribution in [0.15, 0.2) is 121 Å². The normalized spacial score (nSPS) is 12.6. The fourth-order valence-corrected chi connectivity index (χ4v) is 8.09. The molecular weight excluding hydrogens is 929 g/mol. The summed E-state index contributed by atoms with van der Waals surface area (Å²) in [5, 5.41) is 0. The van der Waals surface area contributed by atoms with Crippen LogP contribution in [0.25, 0.3) is 0 Å². The van der Waals surface area contributed by atoms with Gasteiger partial charge in [0, 0.05) is 61.3 Å². The van der Waals surface area contributed by atoms with Crippen LogP contribution in [-0.2, 0) is 57.2 Å². The van der Waals surface area contributed by atoms with Gasteiger partial charge in [-0.05, 0) is 37.8 Å². The zero-order valence-electron chi connectivity index (χ0n) is 43.0. The molecule has 0 saturated carbocycles. The Hall–Kier alpha value is -4.79. The molecule has 0 saturated heterocycles. The number of unbranched alkanes of at least 4 members (excludes halogenated alkanes) is 12. The molecule has 0 radical (unpaired) electrons. The maximum absolute atomic E-state index is 14.1. The monoisotopic (exact) mass is 1010 g/mol. The molecule has 0 spiro atoms. The molecule has 0 bridgehead atoms. The molecule has 0 fully saturated rings. The van der Waals surface area contributed by atoms with Crippen molar-refractivity contribution < 1.29 is 48.9 Å². The minimum Gasteiger partial charge on any atom is -0.336 e. The first kappa shape index (κ1) is 62.3. The van der Waals surface area contributed by atoms with Gasteiger partial charge in [-0.15, -0.1) is 48.2 Å². The Kier molecular flexibility index (Phi) is 34.1. The van der Waals surface area contributed by atoms with Crippen LogP contribution in [0.2, 0.25) is 0 Å². The molecule has 0 aromatic heterocycles. The van der Waals surface area contributed by atoms with Crippen molar-refractivity contribution in [3.05, 3.63) is 191 Å². The van der Waals surface area contributed by atoms with Crippen molar-refractivity contribution in [3.8, 4) is 0 Å². The van der Waals surface area contributed by atoms with Crippen molar-refractivity contribution in [2.75, 3.05) is 0 Å². The second-order valence-electron chi connectivity index (χ2n) is 18.2. The van der Waals surface area contributed by atoms with Crippen LogP contribution in [0.5, 0.6) is 0 Å². The van der Waals surface area contributed by atoms with Crippen LogP contribution >= 0.6 is 0 Å². The molecule has 2 atom stereocenters. The van der Waals surface area contributed by atoms with Gasteiger partial charge in [0.05, 0.1) is 0 Å². The Morgan fingerprint density at radius 2 is 0.859 bits per heavy atom. The van der Waals surface area contributed by atoms with Crippen LogP contribution in [0.1, 0.15) is 166 Å². The number of rotatable bonds is 26. The van der Waals surface area contributed by atoms with E-state index < -0.39 is 23.3 Å². The summed E-state index contributed by atoms with van der Waals surface area (Å²) in [5.74, 6) is -2.60. The van der Waals surface area contributed by atoms with Gasteiger partial charge < -0.3 is 9.80 Å². The standard InChI is InChI=1S/2C26H34F2NO.2C5H5.Ti/c2*1-3-4-5-6-7-8-12-15-26(30)29(20-22-13-10-9-11-14-22)21(2)18-23-16-17-24(27)19-25(23)28;2*1-2-4-5-3-1;/h2*9-11,13-14,16-17,21H,3-8,12,15,18,20H2,1-2H3;2*1-3H,4H2;/q4*-1;+4. The number of halogens is 4. The maximum Gasteiger partial charge on any atom is 4.00 e. The molecule has 6 rings (SSSR count). The first-order chi connectivity index (χ1) is 34.0. The van der Waals surface area contributed by atoms with Gasteiger partial charge in [0.2, 0.25) is 11.8 Å². The third-order valence-electron chi connectivity index (χ3n) is 12.2. The summed E-state index contributed by atoms with van der Waals surface area (Å²) in [7, 11) is 0. The number of allylic oxidation sites excluding steroid dienone is 8. The summed E-state index contributed by atoms with van der Waals surface area (Å²) in [5.41, 5.74) is 2.85. The van der Waals surface area contributed by atoms with E-state index in [9.17, 15) is 27.2 Å². The Labute approximate surface area is 440 Å². The molecule has 0 heterocycles. The third-order valence-corrected chi connectivity index (χ3v) is 12.2. The molecule has 71 heavy (non-hydrogen) atoms. The average Bonchev–Trinajstić information content (AvgIpc) is 4.16. The van der Waals surface area contributed by atoms with E-state index in [0.29, 0.717) is 49.9 Å². The maximum atomic E-state index is 14.1. The van der Waals surface area contributed by atoms with Gasteiger partial charge in [-0.1, -0.05) is 164 Å². The molecule has 2 aliphatic rings. The van der Waals surface area contributed by atoms with Gasteiger partial charge in [0.15, 0.2) is 0 Å². The van der Waals surface area contributed by atoms with Crippen LogP contribution in [-0.4, -0.2) is 33.7 Å². The summed E-state index contributed by atoms with van der Waals surface area (Å²) in [4.78, 5) is 29.7.